The van der Waals surface area contributed by atoms with Gasteiger partial charge in [0.25, 0.3) is 0 Å². The maximum absolute atomic E-state index is 11.9. The highest BCUT2D eigenvalue weighted by molar-refractivity contribution is 9.10. The normalized spacial score (nSPS) is 35.5. The molecule has 1 heterocycles. The highest BCUT2D eigenvalue weighted by Crippen LogP contribution is 2.27. The fourth-order valence-electron chi connectivity index (χ4n) is 2.23. The van der Waals surface area contributed by atoms with Crippen LogP contribution in [0.25, 0.3) is 0 Å². The van der Waals surface area contributed by atoms with E-state index in [2.05, 4.69) is 36.7 Å². The molecule has 4 unspecified atom stereocenters. The van der Waals surface area contributed by atoms with E-state index < -0.39 is 0 Å². The van der Waals surface area contributed by atoms with Gasteiger partial charge >= 0.3 is 0 Å². The molecule has 0 aromatic rings. The minimum absolute atomic E-state index is 0.0533. The Morgan fingerprint density at radius 3 is 2.50 bits per heavy atom. The Kier molecular flexibility index (Phi) is 3.99. The Labute approximate surface area is 95.2 Å². The summed E-state index contributed by atoms with van der Waals surface area (Å²) >= 11 is 3.35. The molecule has 1 saturated heterocycles. The molecule has 1 aliphatic rings. The van der Waals surface area contributed by atoms with E-state index in [0.29, 0.717) is 17.9 Å². The van der Waals surface area contributed by atoms with E-state index in [-0.39, 0.29) is 10.7 Å². The Morgan fingerprint density at radius 1 is 1.43 bits per heavy atom. The van der Waals surface area contributed by atoms with Gasteiger partial charge in [0.15, 0.2) is 0 Å². The molecule has 1 rings (SSSR count). The van der Waals surface area contributed by atoms with Crippen molar-refractivity contribution in [2.45, 2.75) is 45.0 Å². The molecule has 0 aromatic carbocycles. The van der Waals surface area contributed by atoms with Crippen molar-refractivity contribution >= 4 is 21.8 Å². The number of amides is 1. The first-order chi connectivity index (χ1) is 6.43. The number of carbonyl (C=O) groups is 1. The first-order valence-corrected chi connectivity index (χ1v) is 6.29. The summed E-state index contributed by atoms with van der Waals surface area (Å²) in [6.07, 6.45) is 1.24. The molecule has 3 heteroatoms. The molecule has 0 radical (unpaired) electrons. The predicted molar refractivity (Wildman–Crippen MR) is 62.5 cm³/mol. The maximum Gasteiger partial charge on any atom is 0.236 e. The largest absolute Gasteiger partial charge is 0.339 e. The molecular weight excluding hydrogens is 242 g/mol. The third-order valence-electron chi connectivity index (χ3n) is 3.22. The summed E-state index contributed by atoms with van der Waals surface area (Å²) < 4.78 is 0. The van der Waals surface area contributed by atoms with Crippen LogP contribution in [0.1, 0.15) is 34.1 Å². The van der Waals surface area contributed by atoms with Crippen molar-refractivity contribution in [2.75, 3.05) is 6.54 Å². The zero-order valence-corrected chi connectivity index (χ0v) is 11.0. The van der Waals surface area contributed by atoms with Gasteiger partial charge in [-0.2, -0.15) is 0 Å². The molecule has 4 atom stereocenters. The SMILES string of the molecule is CC1CC(C)C(C)N(C(=O)C(C)Br)C1. The van der Waals surface area contributed by atoms with E-state index in [0.717, 1.165) is 6.54 Å². The molecule has 0 aliphatic carbocycles. The first kappa shape index (κ1) is 12.0. The van der Waals surface area contributed by atoms with Gasteiger partial charge in [-0.05, 0) is 32.1 Å². The van der Waals surface area contributed by atoms with E-state index in [1.54, 1.807) is 0 Å². The zero-order valence-electron chi connectivity index (χ0n) is 9.46. The molecule has 0 saturated carbocycles. The summed E-state index contributed by atoms with van der Waals surface area (Å²) in [5.74, 6) is 1.49. The van der Waals surface area contributed by atoms with Crippen LogP contribution < -0.4 is 0 Å². The van der Waals surface area contributed by atoms with Crippen molar-refractivity contribution in [2.24, 2.45) is 11.8 Å². The predicted octanol–water partition coefficient (Wildman–Crippen LogP) is 2.66. The summed E-state index contributed by atoms with van der Waals surface area (Å²) in [6, 6.07) is 0.388. The van der Waals surface area contributed by atoms with E-state index >= 15 is 0 Å². The Bertz CT molecular complexity index is 217. The van der Waals surface area contributed by atoms with Crippen LogP contribution in [0.15, 0.2) is 0 Å². The van der Waals surface area contributed by atoms with Crippen LogP contribution in [-0.2, 0) is 4.79 Å². The summed E-state index contributed by atoms with van der Waals surface area (Å²) in [4.78, 5) is 13.9. The van der Waals surface area contributed by atoms with Crippen LogP contribution in [0.5, 0.6) is 0 Å². The van der Waals surface area contributed by atoms with Crippen molar-refractivity contribution in [3.05, 3.63) is 0 Å². The van der Waals surface area contributed by atoms with Crippen LogP contribution in [0.3, 0.4) is 0 Å². The number of alkyl halides is 1. The van der Waals surface area contributed by atoms with Crippen molar-refractivity contribution in [1.82, 2.24) is 4.90 Å². The fraction of sp³-hybridized carbons (Fsp3) is 0.909. The van der Waals surface area contributed by atoms with Crippen molar-refractivity contribution in [3.8, 4) is 0 Å². The van der Waals surface area contributed by atoms with E-state index in [1.165, 1.54) is 6.42 Å². The molecule has 1 fully saturated rings. The lowest BCUT2D eigenvalue weighted by molar-refractivity contribution is -0.135. The zero-order chi connectivity index (χ0) is 10.9. The van der Waals surface area contributed by atoms with Gasteiger partial charge in [0.2, 0.25) is 5.91 Å². The minimum atomic E-state index is -0.0533. The number of piperidine rings is 1. The van der Waals surface area contributed by atoms with E-state index in [4.69, 9.17) is 0 Å². The van der Waals surface area contributed by atoms with Crippen LogP contribution in [0.2, 0.25) is 0 Å². The number of rotatable bonds is 1. The van der Waals surface area contributed by atoms with Crippen LogP contribution >= 0.6 is 15.9 Å². The molecule has 1 aliphatic heterocycles. The molecule has 82 valence electrons. The smallest absolute Gasteiger partial charge is 0.236 e. The molecule has 0 spiro atoms. The average Bonchev–Trinajstić information content (AvgIpc) is 2.09. The average molecular weight is 262 g/mol. The number of carbonyl (C=O) groups excluding carboxylic acids is 1. The molecule has 1 amide bonds. The van der Waals surface area contributed by atoms with Crippen LogP contribution in [0.4, 0.5) is 0 Å². The van der Waals surface area contributed by atoms with Crippen LogP contribution in [-0.4, -0.2) is 28.2 Å². The quantitative estimate of drug-likeness (QED) is 0.665. The Morgan fingerprint density at radius 2 is 2.00 bits per heavy atom. The van der Waals surface area contributed by atoms with E-state index in [9.17, 15) is 4.79 Å². The lowest BCUT2D eigenvalue weighted by atomic mass is 9.86. The molecule has 0 bridgehead atoms. The van der Waals surface area contributed by atoms with Gasteiger partial charge < -0.3 is 4.90 Å². The number of likely N-dealkylation sites (tertiary alicyclic amines) is 1. The van der Waals surface area contributed by atoms with Gasteiger partial charge in [-0.3, -0.25) is 4.79 Å². The third-order valence-corrected chi connectivity index (χ3v) is 3.61. The second kappa shape index (κ2) is 4.65. The topological polar surface area (TPSA) is 20.3 Å². The third kappa shape index (κ3) is 2.50. The Balaban J connectivity index is 2.71. The number of nitrogens with zero attached hydrogens (tertiary/aromatic N) is 1. The summed E-state index contributed by atoms with van der Waals surface area (Å²) in [6.45, 7) is 9.43. The lowest BCUT2D eigenvalue weighted by Gasteiger charge is -2.41. The van der Waals surface area contributed by atoms with Gasteiger partial charge in [-0.25, -0.2) is 0 Å². The fourth-order valence-corrected chi connectivity index (χ4v) is 2.50. The van der Waals surface area contributed by atoms with Crippen molar-refractivity contribution in [1.29, 1.82) is 0 Å². The van der Waals surface area contributed by atoms with Crippen molar-refractivity contribution in [3.63, 3.8) is 0 Å². The van der Waals surface area contributed by atoms with Gasteiger partial charge in [0, 0.05) is 12.6 Å². The molecule has 0 N–H and O–H groups in total. The summed E-state index contributed by atoms with van der Waals surface area (Å²) in [5.41, 5.74) is 0. The first-order valence-electron chi connectivity index (χ1n) is 5.38. The van der Waals surface area contributed by atoms with Gasteiger partial charge in [-0.1, -0.05) is 29.8 Å². The monoisotopic (exact) mass is 261 g/mol. The maximum atomic E-state index is 11.9. The summed E-state index contributed by atoms with van der Waals surface area (Å²) in [7, 11) is 0. The molecule has 14 heavy (non-hydrogen) atoms. The second-order valence-corrected chi connectivity index (χ2v) is 6.04. The Hall–Kier alpha value is -0.0500. The van der Waals surface area contributed by atoms with E-state index in [1.807, 2.05) is 11.8 Å². The van der Waals surface area contributed by atoms with Crippen molar-refractivity contribution < 1.29 is 4.79 Å². The lowest BCUT2D eigenvalue weighted by Crippen LogP contribution is -2.50. The van der Waals surface area contributed by atoms with Gasteiger partial charge in [0.05, 0.1) is 4.83 Å². The number of halogens is 1. The minimum Gasteiger partial charge on any atom is -0.339 e. The molecule has 2 nitrogen and oxygen atoms in total. The van der Waals surface area contributed by atoms with Gasteiger partial charge in [0.1, 0.15) is 0 Å². The summed E-state index contributed by atoms with van der Waals surface area (Å²) in [5, 5.41) is 0. The standard InChI is InChI=1S/C11H20BrNO/c1-7-5-8(2)10(4)13(6-7)11(14)9(3)12/h7-10H,5-6H2,1-4H3. The van der Waals surface area contributed by atoms with Crippen LogP contribution in [0, 0.1) is 11.8 Å². The highest BCUT2D eigenvalue weighted by Gasteiger charge is 2.32. The number of hydrogen-bond acceptors (Lipinski definition) is 1. The molecular formula is C11H20BrNO. The molecule has 0 aromatic heterocycles. The highest BCUT2D eigenvalue weighted by atomic mass is 79.9. The second-order valence-electron chi connectivity index (χ2n) is 4.67. The number of hydrogen-bond donors (Lipinski definition) is 0. The van der Waals surface area contributed by atoms with Gasteiger partial charge in [-0.15, -0.1) is 0 Å².